The van der Waals surface area contributed by atoms with Crippen molar-refractivity contribution in [2.45, 2.75) is 6.10 Å². The number of halogens is 1. The van der Waals surface area contributed by atoms with E-state index in [1.807, 2.05) is 6.07 Å². The van der Waals surface area contributed by atoms with Crippen molar-refractivity contribution in [3.8, 4) is 0 Å². The predicted octanol–water partition coefficient (Wildman–Crippen LogP) is 2.50. The molecule has 0 spiro atoms. The van der Waals surface area contributed by atoms with Gasteiger partial charge in [-0.2, -0.15) is 4.39 Å². The van der Waals surface area contributed by atoms with Gasteiger partial charge in [-0.3, -0.25) is 0 Å². The smallest absolute Gasteiger partial charge is 0.283 e. The summed E-state index contributed by atoms with van der Waals surface area (Å²) in [7, 11) is 0. The zero-order chi connectivity index (χ0) is 9.97. The zero-order valence-electron chi connectivity index (χ0n) is 7.35. The Labute approximate surface area is 80.6 Å². The van der Waals surface area contributed by atoms with E-state index in [-0.39, 0.29) is 5.56 Å². The van der Waals surface area contributed by atoms with Crippen LogP contribution in [0.5, 0.6) is 0 Å². The molecule has 0 aliphatic carbocycles. The van der Waals surface area contributed by atoms with Crippen LogP contribution in [0.2, 0.25) is 0 Å². The fraction of sp³-hybridized carbons (Fsp3) is 0.0909. The van der Waals surface area contributed by atoms with Crippen LogP contribution in [0.15, 0.2) is 47.1 Å². The normalized spacial score (nSPS) is 12.7. The fourth-order valence-electron chi connectivity index (χ4n) is 1.31. The van der Waals surface area contributed by atoms with Crippen LogP contribution < -0.4 is 0 Å². The number of aliphatic hydroxyl groups excluding tert-OH is 1. The molecule has 0 saturated carbocycles. The highest BCUT2D eigenvalue weighted by Gasteiger charge is 2.16. The van der Waals surface area contributed by atoms with Gasteiger partial charge in [-0.25, -0.2) is 0 Å². The van der Waals surface area contributed by atoms with Crippen LogP contribution in [0.1, 0.15) is 17.2 Å². The maximum absolute atomic E-state index is 13.0. The summed E-state index contributed by atoms with van der Waals surface area (Å²) in [5.41, 5.74) is 0.809. The Morgan fingerprint density at radius 2 is 1.86 bits per heavy atom. The van der Waals surface area contributed by atoms with Gasteiger partial charge in [0.15, 0.2) is 0 Å². The molecular weight excluding hydrogens is 183 g/mol. The highest BCUT2D eigenvalue weighted by Crippen LogP contribution is 2.24. The first-order valence-corrected chi connectivity index (χ1v) is 4.25. The van der Waals surface area contributed by atoms with Crippen molar-refractivity contribution in [1.82, 2.24) is 0 Å². The van der Waals surface area contributed by atoms with E-state index in [9.17, 15) is 9.50 Å². The molecule has 1 aromatic carbocycles. The van der Waals surface area contributed by atoms with Crippen LogP contribution in [0.25, 0.3) is 0 Å². The van der Waals surface area contributed by atoms with Crippen LogP contribution >= 0.6 is 0 Å². The lowest BCUT2D eigenvalue weighted by molar-refractivity contribution is 0.207. The molecule has 0 aliphatic rings. The van der Waals surface area contributed by atoms with Crippen molar-refractivity contribution < 1.29 is 13.9 Å². The SMILES string of the molecule is OC(c1ccccc1)c1ccoc1F. The average Bonchev–Trinajstić information content (AvgIpc) is 2.65. The Kier molecular flexibility index (Phi) is 2.33. The third-order valence-electron chi connectivity index (χ3n) is 2.06. The standard InChI is InChI=1S/C11H9FO2/c12-11-9(6-7-14-11)10(13)8-4-2-1-3-5-8/h1-7,10,13H. The number of benzene rings is 1. The Morgan fingerprint density at radius 3 is 2.43 bits per heavy atom. The first-order chi connectivity index (χ1) is 6.79. The minimum absolute atomic E-state index is 0.163. The van der Waals surface area contributed by atoms with E-state index in [2.05, 4.69) is 4.42 Å². The minimum Gasteiger partial charge on any atom is -0.439 e. The minimum atomic E-state index is -0.963. The van der Waals surface area contributed by atoms with Gasteiger partial charge in [0.25, 0.3) is 6.01 Å². The molecule has 1 atom stereocenters. The van der Waals surface area contributed by atoms with Gasteiger partial charge in [0.1, 0.15) is 6.10 Å². The third-order valence-corrected chi connectivity index (χ3v) is 2.06. The lowest BCUT2D eigenvalue weighted by atomic mass is 10.0. The zero-order valence-corrected chi connectivity index (χ0v) is 7.35. The number of rotatable bonds is 2. The van der Waals surface area contributed by atoms with Crippen molar-refractivity contribution in [1.29, 1.82) is 0 Å². The molecule has 2 nitrogen and oxygen atoms in total. The molecule has 1 heterocycles. The molecule has 2 rings (SSSR count). The second-order valence-corrected chi connectivity index (χ2v) is 2.96. The van der Waals surface area contributed by atoms with Crippen molar-refractivity contribution in [3.05, 3.63) is 59.8 Å². The van der Waals surface area contributed by atoms with Crippen molar-refractivity contribution in [3.63, 3.8) is 0 Å². The van der Waals surface area contributed by atoms with E-state index in [4.69, 9.17) is 0 Å². The molecule has 0 radical (unpaired) electrons. The van der Waals surface area contributed by atoms with Crippen LogP contribution in [0, 0.1) is 6.01 Å². The van der Waals surface area contributed by atoms with E-state index < -0.39 is 12.1 Å². The molecule has 1 aromatic heterocycles. The molecule has 1 N–H and O–H groups in total. The highest BCUT2D eigenvalue weighted by atomic mass is 19.1. The molecule has 1 unspecified atom stereocenters. The van der Waals surface area contributed by atoms with Crippen molar-refractivity contribution >= 4 is 0 Å². The summed E-state index contributed by atoms with van der Waals surface area (Å²) in [6.07, 6.45) is 0.256. The molecule has 0 fully saturated rings. The number of furan rings is 1. The Balaban J connectivity index is 2.34. The van der Waals surface area contributed by atoms with Crippen LogP contribution in [-0.2, 0) is 0 Å². The van der Waals surface area contributed by atoms with Crippen LogP contribution in [0.3, 0.4) is 0 Å². The van der Waals surface area contributed by atoms with E-state index in [1.165, 1.54) is 12.3 Å². The van der Waals surface area contributed by atoms with Gasteiger partial charge in [0.05, 0.1) is 11.8 Å². The van der Waals surface area contributed by atoms with Gasteiger partial charge in [0.2, 0.25) is 0 Å². The summed E-state index contributed by atoms with van der Waals surface area (Å²) in [4.78, 5) is 0. The van der Waals surface area contributed by atoms with E-state index in [0.717, 1.165) is 0 Å². The summed E-state index contributed by atoms with van der Waals surface area (Å²) >= 11 is 0. The molecule has 14 heavy (non-hydrogen) atoms. The molecule has 0 aliphatic heterocycles. The number of aliphatic hydroxyl groups is 1. The predicted molar refractivity (Wildman–Crippen MR) is 49.2 cm³/mol. The first-order valence-electron chi connectivity index (χ1n) is 4.25. The van der Waals surface area contributed by atoms with Crippen molar-refractivity contribution in [2.24, 2.45) is 0 Å². The van der Waals surface area contributed by atoms with Gasteiger partial charge >= 0.3 is 0 Å². The van der Waals surface area contributed by atoms with E-state index in [1.54, 1.807) is 24.3 Å². The van der Waals surface area contributed by atoms with Crippen LogP contribution in [-0.4, -0.2) is 5.11 Å². The van der Waals surface area contributed by atoms with E-state index in [0.29, 0.717) is 5.56 Å². The Hall–Kier alpha value is -1.61. The van der Waals surface area contributed by atoms with Gasteiger partial charge in [-0.1, -0.05) is 30.3 Å². The number of hydrogen-bond acceptors (Lipinski definition) is 2. The van der Waals surface area contributed by atoms with Crippen LogP contribution in [0.4, 0.5) is 4.39 Å². The summed E-state index contributed by atoms with van der Waals surface area (Å²) in [5, 5.41) is 9.76. The topological polar surface area (TPSA) is 33.4 Å². The molecule has 72 valence electrons. The summed E-state index contributed by atoms with van der Waals surface area (Å²) in [5.74, 6) is 0. The second kappa shape index (κ2) is 3.64. The molecule has 0 amide bonds. The lowest BCUT2D eigenvalue weighted by Gasteiger charge is -2.07. The van der Waals surface area contributed by atoms with Gasteiger partial charge in [0, 0.05) is 0 Å². The third kappa shape index (κ3) is 1.54. The average molecular weight is 192 g/mol. The molecule has 3 heteroatoms. The van der Waals surface area contributed by atoms with Gasteiger partial charge in [-0.05, 0) is 11.6 Å². The summed E-state index contributed by atoms with van der Waals surface area (Å²) in [6, 6.07) is 9.57. The highest BCUT2D eigenvalue weighted by molar-refractivity contribution is 5.27. The summed E-state index contributed by atoms with van der Waals surface area (Å²) < 4.78 is 17.4. The lowest BCUT2D eigenvalue weighted by Crippen LogP contribution is -1.99. The number of hydrogen-bond donors (Lipinski definition) is 1. The van der Waals surface area contributed by atoms with E-state index >= 15 is 0 Å². The quantitative estimate of drug-likeness (QED) is 0.793. The van der Waals surface area contributed by atoms with Crippen molar-refractivity contribution in [2.75, 3.05) is 0 Å². The molecule has 0 bridgehead atoms. The van der Waals surface area contributed by atoms with Gasteiger partial charge < -0.3 is 9.52 Å². The molecule has 2 aromatic rings. The maximum atomic E-state index is 13.0. The fourth-order valence-corrected chi connectivity index (χ4v) is 1.31. The summed E-state index contributed by atoms with van der Waals surface area (Å²) in [6.45, 7) is 0. The first kappa shape index (κ1) is 8.97. The monoisotopic (exact) mass is 192 g/mol. The largest absolute Gasteiger partial charge is 0.439 e. The van der Waals surface area contributed by atoms with Gasteiger partial charge in [-0.15, -0.1) is 0 Å². The Morgan fingerprint density at radius 1 is 1.14 bits per heavy atom. The maximum Gasteiger partial charge on any atom is 0.283 e. The molecular formula is C11H9FO2. The molecule has 0 saturated heterocycles. The second-order valence-electron chi connectivity index (χ2n) is 2.96. The Bertz CT molecular complexity index is 408.